The first-order valence-corrected chi connectivity index (χ1v) is 5.79. The van der Waals surface area contributed by atoms with Gasteiger partial charge in [0, 0.05) is 23.0 Å². The number of anilines is 1. The summed E-state index contributed by atoms with van der Waals surface area (Å²) in [7, 11) is 0. The van der Waals surface area contributed by atoms with E-state index in [4.69, 9.17) is 0 Å². The molecule has 2 heterocycles. The van der Waals surface area contributed by atoms with Gasteiger partial charge in [-0.25, -0.2) is 9.88 Å². The molecule has 1 saturated heterocycles. The number of amides is 2. The zero-order chi connectivity index (χ0) is 11.9. The van der Waals surface area contributed by atoms with Crippen LogP contribution in [0.4, 0.5) is 5.82 Å². The van der Waals surface area contributed by atoms with Crippen LogP contribution in [0.25, 0.3) is 0 Å². The van der Waals surface area contributed by atoms with Gasteiger partial charge in [-0.1, -0.05) is 6.92 Å². The van der Waals surface area contributed by atoms with Gasteiger partial charge in [-0.2, -0.15) is 0 Å². The Morgan fingerprint density at radius 1 is 1.50 bits per heavy atom. The lowest BCUT2D eigenvalue weighted by Crippen LogP contribution is -2.31. The number of carbonyl (C=O) groups excluding carboxylic acids is 2. The van der Waals surface area contributed by atoms with Gasteiger partial charge in [-0.15, -0.1) is 0 Å². The van der Waals surface area contributed by atoms with E-state index in [1.165, 1.54) is 4.90 Å². The van der Waals surface area contributed by atoms with Gasteiger partial charge in [0.1, 0.15) is 5.82 Å². The van der Waals surface area contributed by atoms with Crippen molar-refractivity contribution in [1.82, 2.24) is 4.98 Å². The Morgan fingerprint density at radius 3 is 2.69 bits per heavy atom. The molecule has 2 amide bonds. The predicted octanol–water partition coefficient (Wildman–Crippen LogP) is 2.05. The molecule has 0 saturated carbocycles. The third-order valence-corrected chi connectivity index (χ3v) is 3.03. The molecule has 1 atom stereocenters. The van der Waals surface area contributed by atoms with Crippen LogP contribution in [0.15, 0.2) is 16.7 Å². The number of nitrogens with zero attached hydrogens (tertiary/aromatic N) is 2. The number of rotatable bonds is 1. The van der Waals surface area contributed by atoms with Gasteiger partial charge >= 0.3 is 0 Å². The van der Waals surface area contributed by atoms with Crippen LogP contribution in [0.2, 0.25) is 0 Å². The Morgan fingerprint density at radius 2 is 2.19 bits per heavy atom. The Bertz CT molecular complexity index is 473. The molecule has 2 rings (SSSR count). The SMILES string of the molecule is Cc1cc(Br)cnc1N1C(=O)CC(C)C1=O. The minimum Gasteiger partial charge on any atom is -0.274 e. The van der Waals surface area contributed by atoms with Crippen molar-refractivity contribution in [2.75, 3.05) is 4.90 Å². The highest BCUT2D eigenvalue weighted by atomic mass is 79.9. The van der Waals surface area contributed by atoms with Gasteiger partial charge in [0.25, 0.3) is 0 Å². The minimum atomic E-state index is -0.239. The maximum Gasteiger partial charge on any atom is 0.238 e. The molecule has 0 radical (unpaired) electrons. The standard InChI is InChI=1S/C11H11BrN2O2/c1-6-3-8(12)5-13-10(6)14-9(15)4-7(2)11(14)16/h3,5,7H,4H2,1-2H3. The number of hydrogen-bond acceptors (Lipinski definition) is 3. The fourth-order valence-corrected chi connectivity index (χ4v) is 2.22. The second kappa shape index (κ2) is 3.97. The summed E-state index contributed by atoms with van der Waals surface area (Å²) in [6, 6.07) is 1.84. The summed E-state index contributed by atoms with van der Waals surface area (Å²) in [5, 5.41) is 0. The molecule has 1 unspecified atom stereocenters. The van der Waals surface area contributed by atoms with Gasteiger partial charge in [0.05, 0.1) is 0 Å². The maximum absolute atomic E-state index is 11.8. The van der Waals surface area contributed by atoms with Crippen molar-refractivity contribution >= 4 is 33.6 Å². The van der Waals surface area contributed by atoms with Gasteiger partial charge in [-0.05, 0) is 34.5 Å². The molecule has 84 valence electrons. The second-order valence-corrected chi connectivity index (χ2v) is 4.88. The number of aryl methyl sites for hydroxylation is 1. The quantitative estimate of drug-likeness (QED) is 0.741. The molecule has 0 N–H and O–H groups in total. The highest BCUT2D eigenvalue weighted by Gasteiger charge is 2.37. The van der Waals surface area contributed by atoms with E-state index in [1.807, 2.05) is 13.0 Å². The van der Waals surface area contributed by atoms with Crippen LogP contribution in [0.5, 0.6) is 0 Å². The summed E-state index contributed by atoms with van der Waals surface area (Å²) in [5.41, 5.74) is 0.810. The fourth-order valence-electron chi connectivity index (χ4n) is 1.77. The largest absolute Gasteiger partial charge is 0.274 e. The van der Waals surface area contributed by atoms with Crippen LogP contribution in [-0.4, -0.2) is 16.8 Å². The summed E-state index contributed by atoms with van der Waals surface area (Å²) >= 11 is 3.30. The molecule has 1 aliphatic rings. The number of hydrogen-bond donors (Lipinski definition) is 0. The Balaban J connectivity index is 2.45. The van der Waals surface area contributed by atoms with E-state index < -0.39 is 0 Å². The molecule has 5 heteroatoms. The third-order valence-electron chi connectivity index (χ3n) is 2.60. The molecule has 1 aromatic heterocycles. The monoisotopic (exact) mass is 282 g/mol. The first-order valence-electron chi connectivity index (χ1n) is 4.99. The summed E-state index contributed by atoms with van der Waals surface area (Å²) < 4.78 is 0.834. The average Bonchev–Trinajstić information content (AvgIpc) is 2.43. The van der Waals surface area contributed by atoms with E-state index in [9.17, 15) is 9.59 Å². The summed E-state index contributed by atoms with van der Waals surface area (Å²) in [6.07, 6.45) is 1.86. The summed E-state index contributed by atoms with van der Waals surface area (Å²) in [6.45, 7) is 3.59. The zero-order valence-electron chi connectivity index (χ0n) is 9.03. The van der Waals surface area contributed by atoms with Crippen molar-refractivity contribution in [1.29, 1.82) is 0 Å². The topological polar surface area (TPSA) is 50.3 Å². The number of carbonyl (C=O) groups is 2. The number of imide groups is 1. The molecule has 16 heavy (non-hydrogen) atoms. The second-order valence-electron chi connectivity index (χ2n) is 3.97. The summed E-state index contributed by atoms with van der Waals surface area (Å²) in [5.74, 6) is -0.127. The molecule has 1 fully saturated rings. The van der Waals surface area contributed by atoms with Gasteiger partial charge in [0.2, 0.25) is 11.8 Å². The molecule has 0 bridgehead atoms. The smallest absolute Gasteiger partial charge is 0.238 e. The molecule has 1 aliphatic heterocycles. The zero-order valence-corrected chi connectivity index (χ0v) is 10.6. The van der Waals surface area contributed by atoms with Crippen LogP contribution >= 0.6 is 15.9 Å². The molecule has 0 aliphatic carbocycles. The molecule has 1 aromatic rings. The van der Waals surface area contributed by atoms with Crippen molar-refractivity contribution in [2.45, 2.75) is 20.3 Å². The lowest BCUT2D eigenvalue weighted by molar-refractivity contribution is -0.122. The molecular weight excluding hydrogens is 272 g/mol. The van der Waals surface area contributed by atoms with Gasteiger partial charge < -0.3 is 0 Å². The first kappa shape index (κ1) is 11.3. The maximum atomic E-state index is 11.8. The van der Waals surface area contributed by atoms with Crippen molar-refractivity contribution < 1.29 is 9.59 Å². The lowest BCUT2D eigenvalue weighted by atomic mass is 10.1. The van der Waals surface area contributed by atoms with Crippen LogP contribution in [-0.2, 0) is 9.59 Å². The van der Waals surface area contributed by atoms with Crippen LogP contribution < -0.4 is 4.90 Å². The normalized spacial score (nSPS) is 20.7. The van der Waals surface area contributed by atoms with Crippen LogP contribution in [0.1, 0.15) is 18.9 Å². The van der Waals surface area contributed by atoms with E-state index in [0.29, 0.717) is 5.82 Å². The van der Waals surface area contributed by atoms with E-state index >= 15 is 0 Å². The highest BCUT2D eigenvalue weighted by Crippen LogP contribution is 2.28. The van der Waals surface area contributed by atoms with Crippen molar-refractivity contribution in [2.24, 2.45) is 5.92 Å². The van der Waals surface area contributed by atoms with Gasteiger partial charge in [0.15, 0.2) is 0 Å². The predicted molar refractivity (Wildman–Crippen MR) is 62.9 cm³/mol. The first-order chi connectivity index (χ1) is 7.50. The van der Waals surface area contributed by atoms with Crippen LogP contribution in [0, 0.1) is 12.8 Å². The number of pyridine rings is 1. The Hall–Kier alpha value is -1.23. The Kier molecular flexibility index (Phi) is 2.80. The minimum absolute atomic E-state index is 0.164. The van der Waals surface area contributed by atoms with Crippen molar-refractivity contribution in [3.8, 4) is 0 Å². The van der Waals surface area contributed by atoms with E-state index in [0.717, 1.165) is 10.0 Å². The van der Waals surface area contributed by atoms with E-state index in [1.54, 1.807) is 13.1 Å². The third kappa shape index (κ3) is 1.75. The Labute approximate surface area is 102 Å². The lowest BCUT2D eigenvalue weighted by Gasteiger charge is -2.15. The summed E-state index contributed by atoms with van der Waals surface area (Å²) in [4.78, 5) is 28.8. The molecule has 4 nitrogen and oxygen atoms in total. The van der Waals surface area contributed by atoms with E-state index in [2.05, 4.69) is 20.9 Å². The van der Waals surface area contributed by atoms with Gasteiger partial charge in [-0.3, -0.25) is 9.59 Å². The number of halogens is 1. The molecule has 0 spiro atoms. The van der Waals surface area contributed by atoms with E-state index in [-0.39, 0.29) is 24.2 Å². The van der Waals surface area contributed by atoms with Crippen molar-refractivity contribution in [3.63, 3.8) is 0 Å². The molecule has 0 aromatic carbocycles. The molecular formula is C11H11BrN2O2. The highest BCUT2D eigenvalue weighted by molar-refractivity contribution is 9.10. The number of aromatic nitrogens is 1. The van der Waals surface area contributed by atoms with Crippen LogP contribution in [0.3, 0.4) is 0 Å². The van der Waals surface area contributed by atoms with Crippen molar-refractivity contribution in [3.05, 3.63) is 22.3 Å². The fraction of sp³-hybridized carbons (Fsp3) is 0.364. The average molecular weight is 283 g/mol.